The Morgan fingerprint density at radius 2 is 0.919 bits per heavy atom. The zero-order chi connectivity index (χ0) is 26.4. The van der Waals surface area contributed by atoms with E-state index in [4.69, 9.17) is 0 Å². The summed E-state index contributed by atoms with van der Waals surface area (Å²) in [6, 6.07) is 0.350. The molecule has 4 rings (SSSR count). The quantitative estimate of drug-likeness (QED) is 0.194. The van der Waals surface area contributed by atoms with Crippen molar-refractivity contribution in [1.29, 1.82) is 0 Å². The third kappa shape index (κ3) is 9.64. The van der Waals surface area contributed by atoms with Gasteiger partial charge in [0, 0.05) is 35.6 Å². The van der Waals surface area contributed by atoms with E-state index in [1.165, 1.54) is 6.42 Å². The maximum atomic E-state index is 12.4. The van der Waals surface area contributed by atoms with E-state index >= 15 is 0 Å². The minimum Gasteiger partial charge on any atom is -0.344 e. The summed E-state index contributed by atoms with van der Waals surface area (Å²) in [6.45, 7) is 0. The van der Waals surface area contributed by atoms with Gasteiger partial charge in [-0.25, -0.2) is 0 Å². The number of rotatable bonds is 6. The molecule has 0 aromatic carbocycles. The number of amides is 2. The van der Waals surface area contributed by atoms with Crippen LogP contribution in [0.5, 0.6) is 0 Å². The number of carbonyl (C=O) groups is 2. The molecule has 10 nitrogen and oxygen atoms in total. The van der Waals surface area contributed by atoms with Gasteiger partial charge < -0.3 is 10.6 Å². The Kier molecular flexibility index (Phi) is 10.9. The normalized spacial score (nSPS) is 23.9. The highest BCUT2D eigenvalue weighted by Gasteiger charge is 2.28. The van der Waals surface area contributed by atoms with E-state index in [0.29, 0.717) is 22.1 Å². The van der Waals surface area contributed by atoms with Crippen molar-refractivity contribution in [3.8, 4) is 0 Å². The summed E-state index contributed by atoms with van der Waals surface area (Å²) in [5, 5.41) is 7.40. The highest BCUT2D eigenvalue weighted by atomic mass is 32.2. The fraction of sp³-hybridized carbons (Fsp3) is 0.619. The zero-order valence-corrected chi connectivity index (χ0v) is 25.0. The molecule has 0 saturated heterocycles. The number of nitrogens with zero attached hydrogens (tertiary/aromatic N) is 6. The van der Waals surface area contributed by atoms with Crippen molar-refractivity contribution in [1.82, 2.24) is 40.5 Å². The third-order valence-corrected chi connectivity index (χ3v) is 8.69. The minimum absolute atomic E-state index is 0.165. The summed E-state index contributed by atoms with van der Waals surface area (Å²) in [6.07, 6.45) is 9.58. The largest absolute Gasteiger partial charge is 0.344 e. The molecule has 16 heteroatoms. The second kappa shape index (κ2) is 13.9. The predicted octanol–water partition coefficient (Wildman–Crippen LogP) is 5.02. The van der Waals surface area contributed by atoms with Crippen LogP contribution in [0.1, 0.15) is 57.8 Å². The second-order valence-electron chi connectivity index (χ2n) is 9.17. The molecule has 37 heavy (non-hydrogen) atoms. The van der Waals surface area contributed by atoms with Crippen molar-refractivity contribution in [2.45, 2.75) is 101 Å². The van der Waals surface area contributed by atoms with E-state index in [1.54, 1.807) is 0 Å². The van der Waals surface area contributed by atoms with Gasteiger partial charge in [0.25, 0.3) is 10.5 Å². The summed E-state index contributed by atoms with van der Waals surface area (Å²) in [4.78, 5) is 48.7. The van der Waals surface area contributed by atoms with E-state index in [0.717, 1.165) is 74.9 Å². The standard InChI is InChI=1S/C21H28N8O2S6/c30-20(36-18-26-14(32)24-15(33)27-18)22-12-5-1-10(2-6-12)9-11-3-7-13(8-4-11)23-21(31)37-19-28-16(34)25-17(35)29-19/h10-13H,1-9H2,(H,22,30)(H,23,31)(H2,24,26,27,32,33)(H2,25,28,29,34,35). The Morgan fingerprint density at radius 3 is 1.24 bits per heavy atom. The predicted molar refractivity (Wildman–Crippen MR) is 154 cm³/mol. The summed E-state index contributed by atoms with van der Waals surface area (Å²) < 4.78 is 0. The molecule has 0 radical (unpaired) electrons. The number of thiol groups is 4. The number of hydrogen-bond acceptors (Lipinski definition) is 14. The Morgan fingerprint density at radius 1 is 0.595 bits per heavy atom. The molecule has 0 atom stereocenters. The molecular formula is C21H28N8O2S6. The Bertz CT molecular complexity index is 986. The van der Waals surface area contributed by atoms with Crippen molar-refractivity contribution in [2.75, 3.05) is 0 Å². The SMILES string of the molecule is O=C(NC1CCC(CC2CCC(NC(=O)Sc3nc(S)nc(S)n3)CC2)CC1)Sc1nc(S)nc(S)n1. The van der Waals surface area contributed by atoms with Crippen LogP contribution >= 0.6 is 74.0 Å². The van der Waals surface area contributed by atoms with E-state index in [9.17, 15) is 9.59 Å². The lowest BCUT2D eigenvalue weighted by atomic mass is 9.76. The van der Waals surface area contributed by atoms with Crippen molar-refractivity contribution in [3.63, 3.8) is 0 Å². The molecule has 200 valence electrons. The van der Waals surface area contributed by atoms with E-state index in [2.05, 4.69) is 91.1 Å². The molecule has 0 unspecified atom stereocenters. The van der Waals surface area contributed by atoms with Crippen molar-refractivity contribution >= 4 is 84.5 Å². The molecule has 2 aliphatic carbocycles. The first-order chi connectivity index (χ1) is 17.7. The summed E-state index contributed by atoms with van der Waals surface area (Å²) in [5.74, 6) is 1.37. The second-order valence-corrected chi connectivity index (χ2v) is 12.7. The van der Waals surface area contributed by atoms with Gasteiger partial charge in [-0.3, -0.25) is 9.59 Å². The number of nitrogens with one attached hydrogen (secondary N) is 2. The topological polar surface area (TPSA) is 136 Å². The van der Waals surface area contributed by atoms with Gasteiger partial charge in [-0.15, -0.1) is 50.5 Å². The Labute approximate surface area is 246 Å². The average Bonchev–Trinajstić information content (AvgIpc) is 2.80. The van der Waals surface area contributed by atoms with Gasteiger partial charge in [-0.05, 0) is 69.6 Å². The molecule has 2 amide bonds. The first kappa shape index (κ1) is 29.1. The maximum absolute atomic E-state index is 12.4. The molecule has 0 spiro atoms. The monoisotopic (exact) mass is 616 g/mol. The summed E-state index contributed by atoms with van der Waals surface area (Å²) in [5.41, 5.74) is 0. The van der Waals surface area contributed by atoms with Crippen LogP contribution in [0.25, 0.3) is 0 Å². The Balaban J connectivity index is 1.12. The number of carbonyl (C=O) groups excluding carboxylic acids is 2. The lowest BCUT2D eigenvalue weighted by Crippen LogP contribution is -2.37. The molecule has 2 saturated carbocycles. The average molecular weight is 617 g/mol. The maximum Gasteiger partial charge on any atom is 0.287 e. The van der Waals surface area contributed by atoms with Crippen LogP contribution in [-0.4, -0.2) is 52.5 Å². The van der Waals surface area contributed by atoms with Crippen LogP contribution < -0.4 is 10.6 Å². The van der Waals surface area contributed by atoms with Gasteiger partial charge in [0.05, 0.1) is 0 Å². The zero-order valence-electron chi connectivity index (χ0n) is 19.8. The first-order valence-electron chi connectivity index (χ1n) is 12.0. The van der Waals surface area contributed by atoms with Gasteiger partial charge in [-0.2, -0.15) is 29.9 Å². The third-order valence-electron chi connectivity index (χ3n) is 6.55. The van der Waals surface area contributed by atoms with Gasteiger partial charge in [0.15, 0.2) is 20.6 Å². The fourth-order valence-corrected chi connectivity index (χ4v) is 7.37. The van der Waals surface area contributed by atoms with Crippen LogP contribution in [0.3, 0.4) is 0 Å². The van der Waals surface area contributed by atoms with E-state index in [1.807, 2.05) is 0 Å². The number of thioether (sulfide) groups is 2. The van der Waals surface area contributed by atoms with Gasteiger partial charge in [0.1, 0.15) is 0 Å². The summed E-state index contributed by atoms with van der Waals surface area (Å²) in [7, 11) is 0. The number of hydrogen-bond donors (Lipinski definition) is 6. The minimum atomic E-state index is -0.165. The lowest BCUT2D eigenvalue weighted by Gasteiger charge is -2.34. The van der Waals surface area contributed by atoms with Gasteiger partial charge in [-0.1, -0.05) is 0 Å². The molecule has 2 aromatic rings. The van der Waals surface area contributed by atoms with Crippen molar-refractivity contribution in [2.24, 2.45) is 11.8 Å². The Hall–Kier alpha value is -0.940. The van der Waals surface area contributed by atoms with Crippen LogP contribution in [0, 0.1) is 11.8 Å². The van der Waals surface area contributed by atoms with Crippen LogP contribution in [0.4, 0.5) is 9.59 Å². The van der Waals surface area contributed by atoms with Crippen molar-refractivity contribution < 1.29 is 9.59 Å². The molecule has 2 heterocycles. The number of aromatic nitrogens is 6. The molecule has 2 aliphatic rings. The van der Waals surface area contributed by atoms with E-state index < -0.39 is 0 Å². The molecule has 0 aliphatic heterocycles. The smallest absolute Gasteiger partial charge is 0.287 e. The van der Waals surface area contributed by atoms with E-state index in [-0.39, 0.29) is 43.2 Å². The first-order valence-corrected chi connectivity index (χ1v) is 15.4. The van der Waals surface area contributed by atoms with Crippen LogP contribution in [0.15, 0.2) is 30.9 Å². The lowest BCUT2D eigenvalue weighted by molar-refractivity contribution is 0.206. The highest BCUT2D eigenvalue weighted by molar-refractivity contribution is 8.13. The molecule has 2 N–H and O–H groups in total. The highest BCUT2D eigenvalue weighted by Crippen LogP contribution is 2.36. The van der Waals surface area contributed by atoms with Crippen molar-refractivity contribution in [3.05, 3.63) is 0 Å². The summed E-state index contributed by atoms with van der Waals surface area (Å²) >= 11 is 18.3. The van der Waals surface area contributed by atoms with Gasteiger partial charge in [0.2, 0.25) is 10.3 Å². The van der Waals surface area contributed by atoms with Crippen LogP contribution in [0.2, 0.25) is 0 Å². The molecular weight excluding hydrogens is 589 g/mol. The molecule has 0 bridgehead atoms. The molecule has 2 fully saturated rings. The van der Waals surface area contributed by atoms with Crippen LogP contribution in [-0.2, 0) is 0 Å². The molecule has 2 aromatic heterocycles. The fourth-order valence-electron chi connectivity index (χ4n) is 4.88. The van der Waals surface area contributed by atoms with Gasteiger partial charge >= 0.3 is 0 Å².